The molecule has 0 atom stereocenters. The quantitative estimate of drug-likeness (QED) is 0.468. The Morgan fingerprint density at radius 2 is 1.92 bits per heavy atom. The Bertz CT molecular complexity index is 269. The van der Waals surface area contributed by atoms with E-state index in [4.69, 9.17) is 10.4 Å². The molecule has 0 aliphatic heterocycles. The summed E-state index contributed by atoms with van der Waals surface area (Å²) in [6, 6.07) is 5.73. The van der Waals surface area contributed by atoms with Crippen LogP contribution < -0.4 is 5.48 Å². The van der Waals surface area contributed by atoms with Crippen LogP contribution in [0.25, 0.3) is 0 Å². The van der Waals surface area contributed by atoms with Crippen molar-refractivity contribution in [2.24, 2.45) is 0 Å². The molecule has 0 saturated carbocycles. The summed E-state index contributed by atoms with van der Waals surface area (Å²) in [6.45, 7) is 0. The van der Waals surface area contributed by atoms with Crippen LogP contribution in [0, 0.1) is 0 Å². The Hall–Kier alpha value is -1.59. The standard InChI is InChI=1S/C7H7NO4/c9-7(10)5-1-3-6(4-2-5)8-12-11/h1-4,8,11H,(H,9,10). The Kier molecular flexibility index (Phi) is 2.62. The first-order chi connectivity index (χ1) is 5.74. The second-order valence-electron chi connectivity index (χ2n) is 2.08. The highest BCUT2D eigenvalue weighted by atomic mass is 17.2. The molecule has 0 radical (unpaired) electrons. The molecule has 1 rings (SSSR count). The molecule has 0 bridgehead atoms. The number of nitrogens with one attached hydrogen (secondary N) is 1. The van der Waals surface area contributed by atoms with Gasteiger partial charge in [0.2, 0.25) is 0 Å². The second kappa shape index (κ2) is 3.70. The Morgan fingerprint density at radius 1 is 1.33 bits per heavy atom. The van der Waals surface area contributed by atoms with Crippen molar-refractivity contribution < 1.29 is 20.1 Å². The first kappa shape index (κ1) is 8.51. The topological polar surface area (TPSA) is 78.8 Å². The number of aromatic carboxylic acids is 1. The van der Waals surface area contributed by atoms with Gasteiger partial charge < -0.3 is 5.11 Å². The van der Waals surface area contributed by atoms with E-state index in [2.05, 4.69) is 10.5 Å². The van der Waals surface area contributed by atoms with Crippen LogP contribution >= 0.6 is 0 Å². The number of rotatable bonds is 3. The molecule has 0 saturated heterocycles. The average Bonchev–Trinajstić information content (AvgIpc) is 2.06. The number of hydrogen-bond acceptors (Lipinski definition) is 4. The van der Waals surface area contributed by atoms with Crippen LogP contribution in [0.3, 0.4) is 0 Å². The van der Waals surface area contributed by atoms with Gasteiger partial charge in [-0.15, -0.1) is 4.99 Å². The monoisotopic (exact) mass is 169 g/mol. The first-order valence-electron chi connectivity index (χ1n) is 3.14. The molecular formula is C7H7NO4. The zero-order valence-electron chi connectivity index (χ0n) is 6.02. The summed E-state index contributed by atoms with van der Waals surface area (Å²) >= 11 is 0. The van der Waals surface area contributed by atoms with Crippen LogP contribution in [0.5, 0.6) is 0 Å². The van der Waals surface area contributed by atoms with Crippen molar-refractivity contribution in [1.29, 1.82) is 0 Å². The normalized spacial score (nSPS) is 9.42. The van der Waals surface area contributed by atoms with Gasteiger partial charge in [-0.3, -0.25) is 0 Å². The molecular weight excluding hydrogens is 162 g/mol. The lowest BCUT2D eigenvalue weighted by Crippen LogP contribution is -1.98. The molecule has 1 aromatic carbocycles. The Balaban J connectivity index is 2.78. The van der Waals surface area contributed by atoms with Crippen LogP contribution in [0.15, 0.2) is 24.3 Å². The van der Waals surface area contributed by atoms with Gasteiger partial charge in [0.1, 0.15) is 0 Å². The third-order valence-corrected chi connectivity index (χ3v) is 1.30. The minimum Gasteiger partial charge on any atom is -0.478 e. The number of carboxylic acids is 1. The van der Waals surface area contributed by atoms with Gasteiger partial charge in [-0.2, -0.15) is 0 Å². The molecule has 1 aromatic rings. The highest BCUT2D eigenvalue weighted by Gasteiger charge is 2.00. The number of carboxylic acid groups (broad SMARTS) is 1. The lowest BCUT2D eigenvalue weighted by Gasteiger charge is -1.99. The molecule has 0 spiro atoms. The van der Waals surface area contributed by atoms with Gasteiger partial charge in [0.05, 0.1) is 11.3 Å². The lowest BCUT2D eigenvalue weighted by atomic mass is 10.2. The predicted octanol–water partition coefficient (Wildman–Crippen LogP) is 1.20. The van der Waals surface area contributed by atoms with Gasteiger partial charge in [0, 0.05) is 0 Å². The van der Waals surface area contributed by atoms with Gasteiger partial charge in [0.25, 0.3) is 0 Å². The zero-order chi connectivity index (χ0) is 8.97. The maximum atomic E-state index is 10.4. The first-order valence-corrected chi connectivity index (χ1v) is 3.14. The van der Waals surface area contributed by atoms with E-state index in [9.17, 15) is 4.79 Å². The third-order valence-electron chi connectivity index (χ3n) is 1.30. The second-order valence-corrected chi connectivity index (χ2v) is 2.08. The van der Waals surface area contributed by atoms with Gasteiger partial charge in [-0.05, 0) is 24.3 Å². The summed E-state index contributed by atoms with van der Waals surface area (Å²) in [7, 11) is 0. The van der Waals surface area contributed by atoms with Crippen LogP contribution in [-0.4, -0.2) is 16.3 Å². The van der Waals surface area contributed by atoms with Crippen molar-refractivity contribution in [2.75, 3.05) is 5.48 Å². The van der Waals surface area contributed by atoms with E-state index in [1.165, 1.54) is 24.3 Å². The molecule has 5 heteroatoms. The number of anilines is 1. The van der Waals surface area contributed by atoms with Crippen molar-refractivity contribution in [1.82, 2.24) is 0 Å². The third kappa shape index (κ3) is 1.94. The van der Waals surface area contributed by atoms with Crippen molar-refractivity contribution >= 4 is 11.7 Å². The molecule has 0 amide bonds. The van der Waals surface area contributed by atoms with Crippen LogP contribution in [-0.2, 0) is 4.99 Å². The molecule has 12 heavy (non-hydrogen) atoms. The van der Waals surface area contributed by atoms with E-state index in [1.54, 1.807) is 0 Å². The van der Waals surface area contributed by atoms with Gasteiger partial charge in [-0.25, -0.2) is 15.5 Å². The van der Waals surface area contributed by atoms with Gasteiger partial charge >= 0.3 is 5.97 Å². The minimum absolute atomic E-state index is 0.179. The molecule has 64 valence electrons. The van der Waals surface area contributed by atoms with E-state index in [-0.39, 0.29) is 5.56 Å². The zero-order valence-corrected chi connectivity index (χ0v) is 6.02. The van der Waals surface area contributed by atoms with Crippen molar-refractivity contribution in [3.8, 4) is 0 Å². The molecule has 0 unspecified atom stereocenters. The largest absolute Gasteiger partial charge is 0.478 e. The number of hydrogen-bond donors (Lipinski definition) is 3. The van der Waals surface area contributed by atoms with Crippen molar-refractivity contribution in [3.63, 3.8) is 0 Å². The smallest absolute Gasteiger partial charge is 0.335 e. The molecule has 0 aliphatic rings. The summed E-state index contributed by atoms with van der Waals surface area (Å²) in [4.78, 5) is 14.0. The van der Waals surface area contributed by atoms with E-state index in [1.807, 2.05) is 0 Å². The van der Waals surface area contributed by atoms with E-state index in [0.717, 1.165) is 0 Å². The van der Waals surface area contributed by atoms with Crippen LogP contribution in [0.4, 0.5) is 5.69 Å². The molecule has 3 N–H and O–H groups in total. The summed E-state index contributed by atoms with van der Waals surface area (Å²) in [6.07, 6.45) is 0. The molecule has 0 heterocycles. The summed E-state index contributed by atoms with van der Waals surface area (Å²) in [5.74, 6) is -0.994. The Labute approximate surface area is 68.1 Å². The fourth-order valence-corrected chi connectivity index (χ4v) is 0.734. The number of carbonyl (C=O) groups is 1. The molecule has 0 aromatic heterocycles. The van der Waals surface area contributed by atoms with Gasteiger partial charge in [0.15, 0.2) is 0 Å². The SMILES string of the molecule is O=C(O)c1ccc(NOO)cc1. The van der Waals surface area contributed by atoms with Crippen molar-refractivity contribution in [3.05, 3.63) is 29.8 Å². The van der Waals surface area contributed by atoms with E-state index < -0.39 is 5.97 Å². The summed E-state index contributed by atoms with van der Waals surface area (Å²) < 4.78 is 0. The molecule has 5 nitrogen and oxygen atoms in total. The van der Waals surface area contributed by atoms with Gasteiger partial charge in [-0.1, -0.05) is 0 Å². The van der Waals surface area contributed by atoms with Crippen LogP contribution in [0.2, 0.25) is 0 Å². The predicted molar refractivity (Wildman–Crippen MR) is 40.7 cm³/mol. The van der Waals surface area contributed by atoms with E-state index >= 15 is 0 Å². The van der Waals surface area contributed by atoms with Crippen molar-refractivity contribution in [2.45, 2.75) is 0 Å². The highest BCUT2D eigenvalue weighted by molar-refractivity contribution is 5.87. The van der Waals surface area contributed by atoms with Crippen LogP contribution in [0.1, 0.15) is 10.4 Å². The number of benzene rings is 1. The maximum absolute atomic E-state index is 10.4. The highest BCUT2D eigenvalue weighted by Crippen LogP contribution is 2.08. The molecule has 0 aliphatic carbocycles. The van der Waals surface area contributed by atoms with E-state index in [0.29, 0.717) is 5.69 Å². The maximum Gasteiger partial charge on any atom is 0.335 e. The molecule has 0 fully saturated rings. The summed E-state index contributed by atoms with van der Waals surface area (Å²) in [5, 5.41) is 16.5. The minimum atomic E-state index is -0.994. The summed E-state index contributed by atoms with van der Waals surface area (Å²) in [5.41, 5.74) is 2.79. The fraction of sp³-hybridized carbons (Fsp3) is 0. The Morgan fingerprint density at radius 3 is 2.33 bits per heavy atom. The lowest BCUT2D eigenvalue weighted by molar-refractivity contribution is -0.215. The average molecular weight is 169 g/mol. The fourth-order valence-electron chi connectivity index (χ4n) is 0.734.